The fourth-order valence-electron chi connectivity index (χ4n) is 2.13. The summed E-state index contributed by atoms with van der Waals surface area (Å²) in [6, 6.07) is 10.3. The molecule has 0 unspecified atom stereocenters. The Morgan fingerprint density at radius 3 is 2.64 bits per heavy atom. The highest BCUT2D eigenvalue weighted by atomic mass is 35.5. The number of anilines is 1. The Morgan fingerprint density at radius 1 is 1.14 bits per heavy atom. The topological polar surface area (TPSA) is 82.3 Å². The van der Waals surface area contributed by atoms with Crippen LogP contribution >= 0.6 is 11.6 Å². The molecule has 1 heterocycles. The highest BCUT2D eigenvalue weighted by Gasteiger charge is 2.22. The number of ether oxygens (including phenoxy) is 1. The molecule has 0 radical (unpaired) electrons. The van der Waals surface area contributed by atoms with Crippen molar-refractivity contribution in [1.82, 2.24) is 4.98 Å². The molecule has 6 heteroatoms. The van der Waals surface area contributed by atoms with Gasteiger partial charge in [0.2, 0.25) is 10.9 Å². The minimum atomic E-state index is -0.666. The molecule has 3 aromatic rings. The van der Waals surface area contributed by atoms with Crippen LogP contribution in [0.2, 0.25) is 5.02 Å². The van der Waals surface area contributed by atoms with Crippen LogP contribution in [0.25, 0.3) is 11.1 Å². The molecule has 3 rings (SSSR count). The van der Waals surface area contributed by atoms with E-state index in [-0.39, 0.29) is 17.9 Å². The van der Waals surface area contributed by atoms with Crippen molar-refractivity contribution < 1.29 is 4.74 Å². The SMILES string of the molecule is Nc1c(-c2ccc(Cl)cc2OCc2ccccn2)c(=O)c1=O. The lowest BCUT2D eigenvalue weighted by Crippen LogP contribution is -2.35. The molecule has 0 aliphatic carbocycles. The van der Waals surface area contributed by atoms with Gasteiger partial charge in [0.25, 0.3) is 0 Å². The summed E-state index contributed by atoms with van der Waals surface area (Å²) in [7, 11) is 0. The number of rotatable bonds is 4. The monoisotopic (exact) mass is 314 g/mol. The summed E-state index contributed by atoms with van der Waals surface area (Å²) >= 11 is 5.97. The first-order valence-corrected chi connectivity index (χ1v) is 6.87. The Kier molecular flexibility index (Phi) is 3.65. The van der Waals surface area contributed by atoms with Crippen LogP contribution < -0.4 is 21.3 Å². The summed E-state index contributed by atoms with van der Waals surface area (Å²) < 4.78 is 5.69. The third-order valence-electron chi connectivity index (χ3n) is 3.26. The summed E-state index contributed by atoms with van der Waals surface area (Å²) in [6.07, 6.45) is 1.66. The highest BCUT2D eigenvalue weighted by Crippen LogP contribution is 2.33. The average molecular weight is 315 g/mol. The molecule has 1 aromatic heterocycles. The van der Waals surface area contributed by atoms with Crippen molar-refractivity contribution in [1.29, 1.82) is 0 Å². The summed E-state index contributed by atoms with van der Waals surface area (Å²) in [5.41, 5.74) is 5.66. The predicted octanol–water partition coefficient (Wildman–Crippen LogP) is 2.16. The maximum Gasteiger partial charge on any atom is 0.249 e. The molecule has 2 N–H and O–H groups in total. The van der Waals surface area contributed by atoms with Crippen LogP contribution in [0, 0.1) is 0 Å². The molecule has 0 aliphatic rings. The van der Waals surface area contributed by atoms with Gasteiger partial charge in [-0.3, -0.25) is 14.6 Å². The van der Waals surface area contributed by atoms with Crippen molar-refractivity contribution in [3.05, 3.63) is 73.8 Å². The van der Waals surface area contributed by atoms with E-state index >= 15 is 0 Å². The molecular formula is C16H11ClN2O3. The number of nitrogens with two attached hydrogens (primary N) is 1. The van der Waals surface area contributed by atoms with Gasteiger partial charge in [0.15, 0.2) is 0 Å². The molecule has 0 amide bonds. The number of hydrogen-bond donors (Lipinski definition) is 1. The van der Waals surface area contributed by atoms with Gasteiger partial charge in [-0.1, -0.05) is 17.7 Å². The van der Waals surface area contributed by atoms with E-state index < -0.39 is 10.9 Å². The molecule has 22 heavy (non-hydrogen) atoms. The number of hydrogen-bond acceptors (Lipinski definition) is 5. The van der Waals surface area contributed by atoms with Gasteiger partial charge in [-0.15, -0.1) is 0 Å². The summed E-state index contributed by atoms with van der Waals surface area (Å²) in [5.74, 6) is 0.386. The quantitative estimate of drug-likeness (QED) is 0.746. The van der Waals surface area contributed by atoms with E-state index in [1.54, 1.807) is 30.5 Å². The van der Waals surface area contributed by atoms with Crippen molar-refractivity contribution in [3.8, 4) is 16.9 Å². The Balaban J connectivity index is 1.96. The lowest BCUT2D eigenvalue weighted by molar-refractivity contribution is 0.302. The number of benzene rings is 1. The van der Waals surface area contributed by atoms with E-state index in [9.17, 15) is 9.59 Å². The van der Waals surface area contributed by atoms with E-state index in [1.165, 1.54) is 0 Å². The maximum atomic E-state index is 11.7. The molecular weight excluding hydrogens is 304 g/mol. The van der Waals surface area contributed by atoms with Gasteiger partial charge >= 0.3 is 0 Å². The van der Waals surface area contributed by atoms with E-state index in [0.29, 0.717) is 16.3 Å². The Labute approximate surface area is 130 Å². The highest BCUT2D eigenvalue weighted by molar-refractivity contribution is 6.30. The number of nitrogens with zero attached hydrogens (tertiary/aromatic N) is 1. The average Bonchev–Trinajstić information content (AvgIpc) is 2.55. The van der Waals surface area contributed by atoms with Gasteiger partial charge in [0.1, 0.15) is 12.4 Å². The smallest absolute Gasteiger partial charge is 0.249 e. The summed E-state index contributed by atoms with van der Waals surface area (Å²) in [6.45, 7) is 0.212. The molecule has 0 saturated carbocycles. The molecule has 110 valence electrons. The second-order valence-electron chi connectivity index (χ2n) is 4.70. The molecule has 0 spiro atoms. The van der Waals surface area contributed by atoms with Crippen LogP contribution in [0.1, 0.15) is 5.69 Å². The molecule has 0 fully saturated rings. The zero-order valence-corrected chi connectivity index (χ0v) is 12.1. The molecule has 5 nitrogen and oxygen atoms in total. The van der Waals surface area contributed by atoms with Crippen molar-refractivity contribution in [2.24, 2.45) is 0 Å². The third kappa shape index (κ3) is 2.46. The first kappa shape index (κ1) is 14.3. The first-order valence-electron chi connectivity index (χ1n) is 6.49. The molecule has 0 saturated heterocycles. The van der Waals surface area contributed by atoms with E-state index in [0.717, 1.165) is 5.69 Å². The van der Waals surface area contributed by atoms with Gasteiger partial charge in [0, 0.05) is 16.8 Å². The standard InChI is InChI=1S/C16H11ClN2O3/c17-9-4-5-11(13-14(18)16(21)15(13)20)12(7-9)22-8-10-3-1-2-6-19-10/h1-7H,8,18H2. The zero-order chi connectivity index (χ0) is 15.7. The van der Waals surface area contributed by atoms with Gasteiger partial charge in [0.05, 0.1) is 16.9 Å². The second kappa shape index (κ2) is 5.61. The second-order valence-corrected chi connectivity index (χ2v) is 5.13. The van der Waals surface area contributed by atoms with Crippen LogP contribution in [0.4, 0.5) is 5.69 Å². The summed E-state index contributed by atoms with van der Waals surface area (Å²) in [4.78, 5) is 27.1. The van der Waals surface area contributed by atoms with Crippen molar-refractivity contribution in [2.75, 3.05) is 5.73 Å². The van der Waals surface area contributed by atoms with Crippen LogP contribution in [0.5, 0.6) is 5.75 Å². The summed E-state index contributed by atoms with van der Waals surface area (Å²) in [5, 5.41) is 0.456. The van der Waals surface area contributed by atoms with Gasteiger partial charge < -0.3 is 10.5 Å². The third-order valence-corrected chi connectivity index (χ3v) is 3.50. The fourth-order valence-corrected chi connectivity index (χ4v) is 2.30. The van der Waals surface area contributed by atoms with Crippen LogP contribution in [0.15, 0.2) is 52.2 Å². The normalized spacial score (nSPS) is 10.8. The lowest BCUT2D eigenvalue weighted by Gasteiger charge is -2.14. The molecule has 2 aromatic carbocycles. The van der Waals surface area contributed by atoms with Gasteiger partial charge in [-0.05, 0) is 30.3 Å². The number of pyridine rings is 1. The Hall–Kier alpha value is -2.66. The van der Waals surface area contributed by atoms with Crippen LogP contribution in [-0.2, 0) is 6.61 Å². The van der Waals surface area contributed by atoms with E-state index in [1.807, 2.05) is 12.1 Å². The van der Waals surface area contributed by atoms with Crippen molar-refractivity contribution in [2.45, 2.75) is 6.61 Å². The molecule has 0 bridgehead atoms. The zero-order valence-electron chi connectivity index (χ0n) is 11.4. The first-order chi connectivity index (χ1) is 10.6. The van der Waals surface area contributed by atoms with Gasteiger partial charge in [-0.25, -0.2) is 0 Å². The maximum absolute atomic E-state index is 11.7. The number of halogens is 1. The van der Waals surface area contributed by atoms with Gasteiger partial charge in [-0.2, -0.15) is 0 Å². The Bertz CT molecular complexity index is 900. The minimum absolute atomic E-state index is 0.0463. The van der Waals surface area contributed by atoms with E-state index in [2.05, 4.69) is 4.98 Å². The van der Waals surface area contributed by atoms with Crippen LogP contribution in [-0.4, -0.2) is 4.98 Å². The van der Waals surface area contributed by atoms with E-state index in [4.69, 9.17) is 22.1 Å². The van der Waals surface area contributed by atoms with Crippen molar-refractivity contribution >= 4 is 17.3 Å². The van der Waals surface area contributed by atoms with Crippen LogP contribution in [0.3, 0.4) is 0 Å². The molecule has 0 aliphatic heterocycles. The number of aromatic nitrogens is 1. The lowest BCUT2D eigenvalue weighted by atomic mass is 9.98. The molecule has 0 atom stereocenters. The number of nitrogen functional groups attached to an aromatic ring is 1. The fraction of sp³-hybridized carbons (Fsp3) is 0.0625. The minimum Gasteiger partial charge on any atom is -0.487 e. The largest absolute Gasteiger partial charge is 0.487 e. The predicted molar refractivity (Wildman–Crippen MR) is 84.8 cm³/mol. The Morgan fingerprint density at radius 2 is 1.95 bits per heavy atom. The van der Waals surface area contributed by atoms with Crippen molar-refractivity contribution in [3.63, 3.8) is 0 Å².